The molecule has 3 rings (SSSR count). The van der Waals surface area contributed by atoms with Crippen molar-refractivity contribution in [1.29, 1.82) is 0 Å². The van der Waals surface area contributed by atoms with E-state index in [1.165, 1.54) is 18.2 Å². The topological polar surface area (TPSA) is 148 Å². The minimum atomic E-state index is -0.628. The fourth-order valence-corrected chi connectivity index (χ4v) is 3.68. The van der Waals surface area contributed by atoms with Crippen molar-refractivity contribution >= 4 is 60.8 Å². The van der Waals surface area contributed by atoms with Gasteiger partial charge in [-0.1, -0.05) is 0 Å². The largest absolute Gasteiger partial charge is 0.506 e. The van der Waals surface area contributed by atoms with Gasteiger partial charge in [-0.3, -0.25) is 25.0 Å². The predicted molar refractivity (Wildman–Crippen MR) is 106 cm³/mol. The van der Waals surface area contributed by atoms with Crippen molar-refractivity contribution in [2.24, 2.45) is 5.10 Å². The summed E-state index contributed by atoms with van der Waals surface area (Å²) >= 11 is 4.14. The van der Waals surface area contributed by atoms with Crippen LogP contribution >= 0.6 is 27.3 Å². The van der Waals surface area contributed by atoms with E-state index in [4.69, 9.17) is 0 Å². The van der Waals surface area contributed by atoms with Gasteiger partial charge in [-0.15, -0.1) is 11.3 Å². The fourth-order valence-electron chi connectivity index (χ4n) is 2.28. The van der Waals surface area contributed by atoms with Gasteiger partial charge in [0.15, 0.2) is 0 Å². The van der Waals surface area contributed by atoms with Crippen LogP contribution in [0.4, 0.5) is 11.4 Å². The lowest BCUT2D eigenvalue weighted by atomic mass is 10.2. The molecule has 0 spiro atoms. The fraction of sp³-hybridized carbons (Fsp3) is 0. The minimum Gasteiger partial charge on any atom is -0.506 e. The molecule has 12 heteroatoms. The third-order valence-corrected chi connectivity index (χ3v) is 5.31. The number of hydrazone groups is 1. The van der Waals surface area contributed by atoms with Gasteiger partial charge in [0.2, 0.25) is 0 Å². The van der Waals surface area contributed by atoms with E-state index in [-0.39, 0.29) is 32.0 Å². The molecule has 0 aliphatic rings. The maximum absolute atomic E-state index is 12.2. The maximum Gasteiger partial charge on any atom is 0.281 e. The number of nitro groups is 2. The number of thiophene rings is 1. The molecule has 0 saturated carbocycles. The average Bonchev–Trinajstić information content (AvgIpc) is 3.08. The van der Waals surface area contributed by atoms with Crippen LogP contribution in [-0.2, 0) is 0 Å². The van der Waals surface area contributed by atoms with Crippen LogP contribution in [0.1, 0.15) is 15.2 Å². The molecule has 0 aliphatic heterocycles. The molecule has 2 N–H and O–H groups in total. The van der Waals surface area contributed by atoms with Crippen molar-refractivity contribution < 1.29 is 19.7 Å². The number of carbonyl (C=O) groups is 1. The zero-order chi connectivity index (χ0) is 20.4. The van der Waals surface area contributed by atoms with Crippen LogP contribution in [-0.4, -0.2) is 27.1 Å². The second kappa shape index (κ2) is 7.70. The van der Waals surface area contributed by atoms with Gasteiger partial charge in [-0.25, -0.2) is 5.43 Å². The van der Waals surface area contributed by atoms with Crippen LogP contribution in [0.3, 0.4) is 0 Å². The van der Waals surface area contributed by atoms with E-state index in [2.05, 4.69) is 26.5 Å². The Bertz CT molecular complexity index is 1160. The van der Waals surface area contributed by atoms with E-state index in [0.29, 0.717) is 10.1 Å². The standard InChI is InChI=1S/C16H9BrN4O6S/c17-12-6-11(21(26)27)4-9(15(12)22)7-18-19-16(23)14-5-8-3-10(20(24)25)1-2-13(8)28-14/h1-7,22H,(H,19,23)/b18-7-. The van der Waals surface area contributed by atoms with Gasteiger partial charge in [0.1, 0.15) is 5.75 Å². The molecule has 0 aliphatic carbocycles. The molecular formula is C16H9BrN4O6S. The number of aromatic hydroxyl groups is 1. The highest BCUT2D eigenvalue weighted by Gasteiger charge is 2.15. The van der Waals surface area contributed by atoms with Crippen molar-refractivity contribution in [3.8, 4) is 5.75 Å². The highest BCUT2D eigenvalue weighted by atomic mass is 79.9. The quantitative estimate of drug-likeness (QED) is 0.331. The van der Waals surface area contributed by atoms with Gasteiger partial charge in [0.05, 0.1) is 25.4 Å². The van der Waals surface area contributed by atoms with E-state index >= 15 is 0 Å². The molecule has 1 aromatic heterocycles. The Kier molecular flexibility index (Phi) is 5.33. The van der Waals surface area contributed by atoms with Crippen LogP contribution in [0.2, 0.25) is 0 Å². The molecule has 0 bridgehead atoms. The number of phenols is 1. The number of nitrogens with one attached hydrogen (secondary N) is 1. The summed E-state index contributed by atoms with van der Waals surface area (Å²) in [4.78, 5) is 33.1. The number of halogens is 1. The number of non-ortho nitro benzene ring substituents is 2. The third kappa shape index (κ3) is 3.97. The van der Waals surface area contributed by atoms with Crippen molar-refractivity contribution in [2.75, 3.05) is 0 Å². The molecule has 1 amide bonds. The molecule has 10 nitrogen and oxygen atoms in total. The zero-order valence-corrected chi connectivity index (χ0v) is 16.1. The second-order valence-electron chi connectivity index (χ2n) is 5.41. The van der Waals surface area contributed by atoms with Gasteiger partial charge < -0.3 is 5.11 Å². The highest BCUT2D eigenvalue weighted by Crippen LogP contribution is 2.32. The number of benzene rings is 2. The molecule has 142 valence electrons. The molecule has 3 aromatic rings. The van der Waals surface area contributed by atoms with Crippen LogP contribution in [0.5, 0.6) is 5.75 Å². The molecule has 1 heterocycles. The highest BCUT2D eigenvalue weighted by molar-refractivity contribution is 9.10. The summed E-state index contributed by atoms with van der Waals surface area (Å²) in [5.41, 5.74) is 1.95. The summed E-state index contributed by atoms with van der Waals surface area (Å²) in [5, 5.41) is 35.9. The van der Waals surface area contributed by atoms with Gasteiger partial charge in [0, 0.05) is 39.9 Å². The van der Waals surface area contributed by atoms with Crippen LogP contribution in [0.25, 0.3) is 10.1 Å². The molecular weight excluding hydrogens is 456 g/mol. The first kappa shape index (κ1) is 19.4. The van der Waals surface area contributed by atoms with Crippen molar-refractivity contribution in [3.05, 3.63) is 71.5 Å². The Morgan fingerprint density at radius 1 is 1.14 bits per heavy atom. The van der Waals surface area contributed by atoms with E-state index in [9.17, 15) is 30.1 Å². The second-order valence-corrected chi connectivity index (χ2v) is 7.35. The number of fused-ring (bicyclic) bond motifs is 1. The minimum absolute atomic E-state index is 0.0355. The van der Waals surface area contributed by atoms with Gasteiger partial charge >= 0.3 is 0 Å². The molecule has 0 fully saturated rings. The average molecular weight is 465 g/mol. The Labute approximate surface area is 168 Å². The first-order chi connectivity index (χ1) is 13.3. The summed E-state index contributed by atoms with van der Waals surface area (Å²) in [5.74, 6) is -0.832. The van der Waals surface area contributed by atoms with Crippen LogP contribution < -0.4 is 5.43 Å². The summed E-state index contributed by atoms with van der Waals surface area (Å²) < 4.78 is 0.806. The van der Waals surface area contributed by atoms with Crippen molar-refractivity contribution in [2.45, 2.75) is 0 Å². The van der Waals surface area contributed by atoms with Crippen molar-refractivity contribution in [3.63, 3.8) is 0 Å². The number of nitro benzene ring substituents is 2. The predicted octanol–water partition coefficient (Wildman–Crippen LogP) is 3.95. The molecule has 0 unspecified atom stereocenters. The summed E-state index contributed by atoms with van der Waals surface area (Å²) in [6, 6.07) is 8.01. The van der Waals surface area contributed by atoms with Gasteiger partial charge in [0.25, 0.3) is 17.3 Å². The number of amides is 1. The first-order valence-corrected chi connectivity index (χ1v) is 9.05. The smallest absolute Gasteiger partial charge is 0.281 e. The summed E-state index contributed by atoms with van der Waals surface area (Å²) in [6.07, 6.45) is 1.07. The number of nitrogens with zero attached hydrogens (tertiary/aromatic N) is 3. The number of hydrogen-bond acceptors (Lipinski definition) is 8. The molecule has 2 aromatic carbocycles. The van der Waals surface area contributed by atoms with Crippen LogP contribution in [0, 0.1) is 20.2 Å². The Hall–Kier alpha value is -3.38. The zero-order valence-electron chi connectivity index (χ0n) is 13.7. The lowest BCUT2D eigenvalue weighted by Crippen LogP contribution is -2.16. The summed E-state index contributed by atoms with van der Waals surface area (Å²) in [7, 11) is 0. The van der Waals surface area contributed by atoms with E-state index in [1.807, 2.05) is 0 Å². The number of rotatable bonds is 5. The Balaban J connectivity index is 1.79. The third-order valence-electron chi connectivity index (χ3n) is 3.59. The molecule has 28 heavy (non-hydrogen) atoms. The Morgan fingerprint density at radius 3 is 2.54 bits per heavy atom. The number of phenolic OH excluding ortho intramolecular Hbond substituents is 1. The number of carbonyl (C=O) groups excluding carboxylic acids is 1. The molecule has 0 saturated heterocycles. The monoisotopic (exact) mass is 464 g/mol. The maximum atomic E-state index is 12.2. The lowest BCUT2D eigenvalue weighted by Gasteiger charge is -2.02. The van der Waals surface area contributed by atoms with Crippen molar-refractivity contribution in [1.82, 2.24) is 5.43 Å². The SMILES string of the molecule is O=C(N/N=C\c1cc([N+](=O)[O-])cc(Br)c1O)c1cc2cc([N+](=O)[O-])ccc2s1. The first-order valence-electron chi connectivity index (χ1n) is 7.44. The normalized spacial score (nSPS) is 11.0. The summed E-state index contributed by atoms with van der Waals surface area (Å²) in [6.45, 7) is 0. The van der Waals surface area contributed by atoms with E-state index in [0.717, 1.165) is 29.7 Å². The van der Waals surface area contributed by atoms with Gasteiger partial charge in [-0.05, 0) is 28.1 Å². The Morgan fingerprint density at radius 2 is 1.86 bits per heavy atom. The lowest BCUT2D eigenvalue weighted by molar-refractivity contribution is -0.385. The molecule has 0 atom stereocenters. The van der Waals surface area contributed by atoms with Gasteiger partial charge in [-0.2, -0.15) is 5.10 Å². The molecule has 0 radical (unpaired) electrons. The van der Waals surface area contributed by atoms with Crippen LogP contribution in [0.15, 0.2) is 46.0 Å². The number of hydrogen-bond donors (Lipinski definition) is 2. The van der Waals surface area contributed by atoms with E-state index < -0.39 is 15.8 Å². The van der Waals surface area contributed by atoms with E-state index in [1.54, 1.807) is 6.07 Å².